The molecule has 0 unspecified atom stereocenters. The van der Waals surface area contributed by atoms with E-state index in [2.05, 4.69) is 37.4 Å². The fourth-order valence-electron chi connectivity index (χ4n) is 4.35. The molecule has 0 spiro atoms. The number of imidazole rings is 1. The van der Waals surface area contributed by atoms with Crippen LogP contribution in [0.15, 0.2) is 24.5 Å². The second kappa shape index (κ2) is 8.77. The van der Waals surface area contributed by atoms with Crippen molar-refractivity contribution in [2.24, 2.45) is 0 Å². The Kier molecular flexibility index (Phi) is 5.68. The van der Waals surface area contributed by atoms with Crippen molar-refractivity contribution in [3.63, 3.8) is 0 Å². The van der Waals surface area contributed by atoms with Gasteiger partial charge in [-0.25, -0.2) is 4.98 Å². The van der Waals surface area contributed by atoms with Gasteiger partial charge in [0, 0.05) is 30.5 Å². The van der Waals surface area contributed by atoms with Gasteiger partial charge in [0.2, 0.25) is 5.52 Å². The maximum Gasteiger partial charge on any atom is 0.307 e. The van der Waals surface area contributed by atoms with Crippen LogP contribution in [0.1, 0.15) is 49.7 Å². The minimum atomic E-state index is -0.824. The molecule has 8 nitrogen and oxygen atoms in total. The van der Waals surface area contributed by atoms with E-state index in [-0.39, 0.29) is 0 Å². The largest absolute Gasteiger partial charge is 0.381 e. The Hall–Kier alpha value is -3.15. The standard InChI is InChI=1S/C24H28N6O2/c1-16-14-17(6-11-24(31)9-2-3-10-24)4-5-19(16)28-23-29-21-20(25-15-26-21)22(30-23)27-18-7-12-32-13-8-18/h4-5,14-15,18,31H,2-3,7-10,12-13H2,1H3,(H3,25,26,27,28,29,30)/p+1. The number of benzene rings is 1. The first kappa shape index (κ1) is 20.7. The third-order valence-electron chi connectivity index (χ3n) is 6.24. The van der Waals surface area contributed by atoms with E-state index in [0.717, 1.165) is 85.5 Å². The molecule has 1 aliphatic heterocycles. The van der Waals surface area contributed by atoms with Crippen LogP contribution >= 0.6 is 0 Å². The minimum Gasteiger partial charge on any atom is -0.381 e. The van der Waals surface area contributed by atoms with Crippen LogP contribution in [0.25, 0.3) is 11.2 Å². The fourth-order valence-corrected chi connectivity index (χ4v) is 4.35. The van der Waals surface area contributed by atoms with Gasteiger partial charge in [-0.15, -0.1) is 0 Å². The highest BCUT2D eigenvalue weighted by atomic mass is 16.5. The Balaban J connectivity index is 1.36. The Bertz CT molecular complexity index is 1170. The Labute approximate surface area is 187 Å². The molecule has 1 aromatic carbocycles. The Morgan fingerprint density at radius 3 is 2.81 bits per heavy atom. The van der Waals surface area contributed by atoms with E-state index in [1.54, 1.807) is 6.33 Å². The van der Waals surface area contributed by atoms with Crippen LogP contribution in [0.3, 0.4) is 0 Å². The number of ether oxygens (including phenoxy) is 1. The topological polar surface area (TPSA) is 109 Å². The maximum absolute atomic E-state index is 10.5. The zero-order valence-electron chi connectivity index (χ0n) is 18.3. The van der Waals surface area contributed by atoms with E-state index in [1.165, 1.54) is 0 Å². The number of aromatic amines is 2. The molecule has 3 heterocycles. The summed E-state index contributed by atoms with van der Waals surface area (Å²) in [5, 5.41) is 17.4. The van der Waals surface area contributed by atoms with Crippen molar-refractivity contribution >= 4 is 28.6 Å². The van der Waals surface area contributed by atoms with E-state index in [9.17, 15) is 5.11 Å². The van der Waals surface area contributed by atoms with Gasteiger partial charge in [-0.3, -0.25) is 4.98 Å². The van der Waals surface area contributed by atoms with Gasteiger partial charge in [0.1, 0.15) is 5.60 Å². The first-order valence-corrected chi connectivity index (χ1v) is 11.3. The molecule has 0 bridgehead atoms. The van der Waals surface area contributed by atoms with Crippen molar-refractivity contribution in [3.8, 4) is 11.8 Å². The number of nitrogens with one attached hydrogen (secondary N) is 4. The lowest BCUT2D eigenvalue weighted by Crippen LogP contribution is -2.28. The summed E-state index contributed by atoms with van der Waals surface area (Å²) in [4.78, 5) is 15.7. The zero-order chi connectivity index (χ0) is 22.0. The quantitative estimate of drug-likeness (QED) is 0.471. The second-order valence-electron chi connectivity index (χ2n) is 8.73. The zero-order valence-corrected chi connectivity index (χ0v) is 18.3. The smallest absolute Gasteiger partial charge is 0.307 e. The fraction of sp³-hybridized carbons (Fsp3) is 0.458. The Morgan fingerprint density at radius 1 is 1.22 bits per heavy atom. The van der Waals surface area contributed by atoms with E-state index in [4.69, 9.17) is 9.72 Å². The predicted molar refractivity (Wildman–Crippen MR) is 123 cm³/mol. The number of nitrogens with zero attached hydrogens (tertiary/aromatic N) is 2. The molecule has 166 valence electrons. The first-order chi connectivity index (χ1) is 15.6. The summed E-state index contributed by atoms with van der Waals surface area (Å²) in [5.74, 6) is 7.51. The van der Waals surface area contributed by atoms with Gasteiger partial charge >= 0.3 is 11.6 Å². The average molecular weight is 434 g/mol. The summed E-state index contributed by atoms with van der Waals surface area (Å²) < 4.78 is 5.46. The van der Waals surface area contributed by atoms with Gasteiger partial charge in [0.05, 0.1) is 0 Å². The summed E-state index contributed by atoms with van der Waals surface area (Å²) in [6.45, 7) is 3.55. The van der Waals surface area contributed by atoms with Crippen LogP contribution in [0, 0.1) is 18.8 Å². The van der Waals surface area contributed by atoms with Gasteiger partial charge in [0.15, 0.2) is 12.1 Å². The van der Waals surface area contributed by atoms with Crippen molar-refractivity contribution in [2.45, 2.75) is 57.1 Å². The van der Waals surface area contributed by atoms with Crippen LogP contribution < -0.4 is 15.6 Å². The molecule has 2 aliphatic rings. The van der Waals surface area contributed by atoms with Crippen LogP contribution in [-0.4, -0.2) is 44.9 Å². The Morgan fingerprint density at radius 2 is 2.03 bits per heavy atom. The summed E-state index contributed by atoms with van der Waals surface area (Å²) in [5.41, 5.74) is 3.62. The molecule has 0 radical (unpaired) electrons. The normalized spacial score (nSPS) is 18.3. The molecule has 5 rings (SSSR count). The molecule has 1 aliphatic carbocycles. The van der Waals surface area contributed by atoms with Gasteiger partial charge < -0.3 is 20.5 Å². The summed E-state index contributed by atoms with van der Waals surface area (Å²) in [6, 6.07) is 6.30. The monoisotopic (exact) mass is 433 g/mol. The first-order valence-electron chi connectivity index (χ1n) is 11.3. The van der Waals surface area contributed by atoms with Gasteiger partial charge in [0.25, 0.3) is 0 Å². The molecule has 2 fully saturated rings. The third kappa shape index (κ3) is 4.54. The lowest BCUT2D eigenvalue weighted by molar-refractivity contribution is -0.347. The molecule has 1 saturated carbocycles. The van der Waals surface area contributed by atoms with Gasteiger partial charge in [-0.05, 0) is 69.2 Å². The number of aromatic nitrogens is 4. The molecule has 2 aromatic heterocycles. The van der Waals surface area contributed by atoms with Crippen molar-refractivity contribution in [1.29, 1.82) is 0 Å². The van der Waals surface area contributed by atoms with Crippen molar-refractivity contribution in [2.75, 3.05) is 23.8 Å². The highest BCUT2D eigenvalue weighted by Gasteiger charge is 2.28. The summed E-state index contributed by atoms with van der Waals surface area (Å²) in [6.07, 6.45) is 7.28. The predicted octanol–water partition coefficient (Wildman–Crippen LogP) is 3.07. The van der Waals surface area contributed by atoms with E-state index in [0.29, 0.717) is 12.0 Å². The second-order valence-corrected chi connectivity index (χ2v) is 8.73. The van der Waals surface area contributed by atoms with Crippen molar-refractivity contribution in [3.05, 3.63) is 35.7 Å². The van der Waals surface area contributed by atoms with E-state index in [1.807, 2.05) is 25.1 Å². The van der Waals surface area contributed by atoms with Crippen LogP contribution in [-0.2, 0) is 4.74 Å². The summed E-state index contributed by atoms with van der Waals surface area (Å²) >= 11 is 0. The molecule has 1 saturated heterocycles. The maximum atomic E-state index is 10.5. The van der Waals surface area contributed by atoms with Crippen LogP contribution in [0.4, 0.5) is 17.5 Å². The molecular formula is C24H29N6O2+. The van der Waals surface area contributed by atoms with Gasteiger partial charge in [-0.2, -0.15) is 4.98 Å². The number of H-pyrrole nitrogens is 2. The highest BCUT2D eigenvalue weighted by Crippen LogP contribution is 2.29. The van der Waals surface area contributed by atoms with E-state index < -0.39 is 5.60 Å². The van der Waals surface area contributed by atoms with Crippen LogP contribution in [0.5, 0.6) is 0 Å². The number of aryl methyl sites for hydroxylation is 1. The molecule has 5 N–H and O–H groups in total. The summed E-state index contributed by atoms with van der Waals surface area (Å²) in [7, 11) is 0. The molecule has 3 aromatic rings. The number of fused-ring (bicyclic) bond motifs is 1. The molecular weight excluding hydrogens is 404 g/mol. The number of anilines is 3. The average Bonchev–Trinajstić information content (AvgIpc) is 3.44. The SMILES string of the molecule is Cc1cc(C#CC2(O)CCCC2)ccc1Nc1nc(NC2CCOCC2)c2[nH]c[nH+]c2n1. The highest BCUT2D eigenvalue weighted by molar-refractivity contribution is 5.82. The van der Waals surface area contributed by atoms with Crippen molar-refractivity contribution < 1.29 is 14.8 Å². The third-order valence-corrected chi connectivity index (χ3v) is 6.24. The van der Waals surface area contributed by atoms with Crippen LogP contribution in [0.2, 0.25) is 0 Å². The number of hydrogen-bond acceptors (Lipinski definition) is 6. The molecule has 0 atom stereocenters. The number of rotatable bonds is 4. The van der Waals surface area contributed by atoms with Gasteiger partial charge in [-0.1, -0.05) is 16.8 Å². The lowest BCUT2D eigenvalue weighted by atomic mass is 10.0. The minimum absolute atomic E-state index is 0.326. The number of aliphatic hydroxyl groups is 1. The molecule has 32 heavy (non-hydrogen) atoms. The van der Waals surface area contributed by atoms with Crippen molar-refractivity contribution in [1.82, 2.24) is 15.0 Å². The lowest BCUT2D eigenvalue weighted by Gasteiger charge is -2.23. The molecule has 0 amide bonds. The number of hydrogen-bond donors (Lipinski definition) is 4. The van der Waals surface area contributed by atoms with E-state index >= 15 is 0 Å². The molecule has 8 heteroatoms.